The Morgan fingerprint density at radius 2 is 1.22 bits per heavy atom. The summed E-state index contributed by atoms with van der Waals surface area (Å²) in [6.45, 7) is 5.10. The Morgan fingerprint density at radius 3 is 1.80 bits per heavy atom. The molecule has 0 spiro atoms. The van der Waals surface area contributed by atoms with E-state index < -0.39 is 29.2 Å². The number of hydrogen-bond acceptors (Lipinski definition) is 6. The Bertz CT molecular complexity index is 1530. The maximum absolute atomic E-state index is 13.4. The molecular formula is C29H24F6N4O2. The van der Waals surface area contributed by atoms with Gasteiger partial charge in [0.15, 0.2) is 11.4 Å². The monoisotopic (exact) mass is 574 g/mol. The number of nitrogens with zero attached hydrogens (tertiary/aromatic N) is 4. The summed E-state index contributed by atoms with van der Waals surface area (Å²) in [5, 5.41) is 0. The molecule has 214 valence electrons. The predicted octanol–water partition coefficient (Wildman–Crippen LogP) is 8.73. The van der Waals surface area contributed by atoms with Crippen molar-refractivity contribution in [3.05, 3.63) is 83.7 Å². The van der Waals surface area contributed by atoms with Gasteiger partial charge in [-0.2, -0.15) is 36.3 Å². The normalized spacial score (nSPS) is 14.2. The summed E-state index contributed by atoms with van der Waals surface area (Å²) in [7, 11) is 0. The Morgan fingerprint density at radius 1 is 0.634 bits per heavy atom. The molecule has 4 aromatic rings. The van der Waals surface area contributed by atoms with Crippen LogP contribution < -0.4 is 9.47 Å². The summed E-state index contributed by atoms with van der Waals surface area (Å²) in [6.07, 6.45) is -7.84. The zero-order valence-corrected chi connectivity index (χ0v) is 22.1. The standard InChI is InChI=1S/C29H24F6N4O2/c1-27(2,3)26-37-22(29(33,34)35)15-24(39-26)41-20-6-4-5-18(13-20)16-9-11-19(12-10-16)40-23-14-21(28(30,31)32)36-25(38-23)17-7-8-17/h4-6,9-15,17H,7-8H2,1-3H3. The summed E-state index contributed by atoms with van der Waals surface area (Å²) in [5.74, 6) is 0.0852. The molecule has 1 saturated carbocycles. The van der Waals surface area contributed by atoms with Crippen LogP contribution in [0.2, 0.25) is 0 Å². The minimum Gasteiger partial charge on any atom is -0.439 e. The summed E-state index contributed by atoms with van der Waals surface area (Å²) >= 11 is 0. The molecular weight excluding hydrogens is 550 g/mol. The molecule has 0 N–H and O–H groups in total. The van der Waals surface area contributed by atoms with Crippen LogP contribution in [0, 0.1) is 0 Å². The lowest BCUT2D eigenvalue weighted by molar-refractivity contribution is -0.142. The molecule has 12 heteroatoms. The molecule has 0 aliphatic heterocycles. The van der Waals surface area contributed by atoms with Gasteiger partial charge < -0.3 is 9.47 Å². The van der Waals surface area contributed by atoms with Crippen molar-refractivity contribution >= 4 is 0 Å². The lowest BCUT2D eigenvalue weighted by Crippen LogP contribution is -2.20. The second-order valence-corrected chi connectivity index (χ2v) is 10.6. The van der Waals surface area contributed by atoms with Crippen molar-refractivity contribution in [2.45, 2.75) is 57.3 Å². The van der Waals surface area contributed by atoms with Gasteiger partial charge in [-0.15, -0.1) is 0 Å². The van der Waals surface area contributed by atoms with E-state index in [4.69, 9.17) is 9.47 Å². The predicted molar refractivity (Wildman–Crippen MR) is 137 cm³/mol. The van der Waals surface area contributed by atoms with E-state index in [1.54, 1.807) is 69.3 Å². The van der Waals surface area contributed by atoms with Crippen LogP contribution in [0.4, 0.5) is 26.3 Å². The third-order valence-electron chi connectivity index (χ3n) is 6.08. The molecule has 1 aliphatic carbocycles. The molecule has 0 atom stereocenters. The van der Waals surface area contributed by atoms with Gasteiger partial charge in [-0.1, -0.05) is 45.0 Å². The third kappa shape index (κ3) is 6.93. The fourth-order valence-corrected chi connectivity index (χ4v) is 3.82. The van der Waals surface area contributed by atoms with Crippen molar-refractivity contribution < 1.29 is 35.8 Å². The van der Waals surface area contributed by atoms with Crippen LogP contribution >= 0.6 is 0 Å². The Labute approximate surface area is 231 Å². The van der Waals surface area contributed by atoms with E-state index in [2.05, 4.69) is 19.9 Å². The average Bonchev–Trinajstić information content (AvgIpc) is 3.73. The second kappa shape index (κ2) is 10.3. The van der Waals surface area contributed by atoms with E-state index in [-0.39, 0.29) is 40.8 Å². The van der Waals surface area contributed by atoms with Crippen LogP contribution in [-0.4, -0.2) is 19.9 Å². The first-order valence-electron chi connectivity index (χ1n) is 12.6. The highest BCUT2D eigenvalue weighted by Gasteiger charge is 2.37. The van der Waals surface area contributed by atoms with Crippen molar-refractivity contribution in [2.24, 2.45) is 0 Å². The number of aromatic nitrogens is 4. The van der Waals surface area contributed by atoms with Gasteiger partial charge >= 0.3 is 12.4 Å². The van der Waals surface area contributed by atoms with Crippen molar-refractivity contribution in [1.82, 2.24) is 19.9 Å². The van der Waals surface area contributed by atoms with Gasteiger partial charge in [0.1, 0.15) is 23.1 Å². The van der Waals surface area contributed by atoms with Gasteiger partial charge in [-0.3, -0.25) is 0 Å². The molecule has 0 bridgehead atoms. The number of benzene rings is 2. The zero-order valence-electron chi connectivity index (χ0n) is 22.1. The van der Waals surface area contributed by atoms with Crippen LogP contribution in [0.3, 0.4) is 0 Å². The van der Waals surface area contributed by atoms with Crippen molar-refractivity contribution in [1.29, 1.82) is 0 Å². The van der Waals surface area contributed by atoms with Gasteiger partial charge in [-0.25, -0.2) is 9.97 Å². The minimum absolute atomic E-state index is 0.00985. The Kier molecular flexibility index (Phi) is 7.12. The van der Waals surface area contributed by atoms with Gasteiger partial charge in [0.2, 0.25) is 11.8 Å². The first kappa shape index (κ1) is 28.3. The molecule has 0 unspecified atom stereocenters. The maximum Gasteiger partial charge on any atom is 0.433 e. The van der Waals surface area contributed by atoms with Crippen molar-refractivity contribution in [3.8, 4) is 34.4 Å². The first-order valence-corrected chi connectivity index (χ1v) is 12.6. The largest absolute Gasteiger partial charge is 0.439 e. The topological polar surface area (TPSA) is 70.0 Å². The zero-order chi connectivity index (χ0) is 29.6. The number of alkyl halides is 6. The number of halogens is 6. The highest BCUT2D eigenvalue weighted by molar-refractivity contribution is 5.66. The van der Waals surface area contributed by atoms with Gasteiger partial charge in [-0.05, 0) is 48.2 Å². The van der Waals surface area contributed by atoms with Crippen molar-refractivity contribution in [2.75, 3.05) is 0 Å². The molecule has 2 heterocycles. The molecule has 6 nitrogen and oxygen atoms in total. The highest BCUT2D eigenvalue weighted by atomic mass is 19.4. The fraction of sp³-hybridized carbons (Fsp3) is 0.310. The first-order chi connectivity index (χ1) is 19.1. The quantitative estimate of drug-likeness (QED) is 0.215. The molecule has 0 radical (unpaired) electrons. The van der Waals surface area contributed by atoms with E-state index in [1.165, 1.54) is 0 Å². The molecule has 0 amide bonds. The van der Waals surface area contributed by atoms with Gasteiger partial charge in [0.25, 0.3) is 0 Å². The van der Waals surface area contributed by atoms with Gasteiger partial charge in [0.05, 0.1) is 0 Å². The molecule has 2 aromatic heterocycles. The SMILES string of the molecule is CC(C)(C)c1nc(Oc2cccc(-c3ccc(Oc4cc(C(F)(F)F)nc(C5CC5)n4)cc3)c2)cc(C(F)(F)F)n1. The van der Waals surface area contributed by atoms with E-state index in [9.17, 15) is 26.3 Å². The van der Waals surface area contributed by atoms with Crippen LogP contribution in [0.1, 0.15) is 62.6 Å². The van der Waals surface area contributed by atoms with E-state index in [1.807, 2.05) is 0 Å². The number of hydrogen-bond donors (Lipinski definition) is 0. The average molecular weight is 575 g/mol. The summed E-state index contributed by atoms with van der Waals surface area (Å²) in [5.41, 5.74) is -1.53. The lowest BCUT2D eigenvalue weighted by Gasteiger charge is -2.19. The highest BCUT2D eigenvalue weighted by Crippen LogP contribution is 2.41. The van der Waals surface area contributed by atoms with E-state index in [0.717, 1.165) is 25.0 Å². The molecule has 0 saturated heterocycles. The van der Waals surface area contributed by atoms with Crippen molar-refractivity contribution in [3.63, 3.8) is 0 Å². The summed E-state index contributed by atoms with van der Waals surface area (Å²) in [6, 6.07) is 14.7. The van der Waals surface area contributed by atoms with E-state index in [0.29, 0.717) is 11.1 Å². The summed E-state index contributed by atoms with van der Waals surface area (Å²) in [4.78, 5) is 15.6. The van der Waals surface area contributed by atoms with Crippen LogP contribution in [0.25, 0.3) is 11.1 Å². The molecule has 2 aromatic carbocycles. The third-order valence-corrected chi connectivity index (χ3v) is 6.08. The van der Waals surface area contributed by atoms with E-state index >= 15 is 0 Å². The number of rotatable bonds is 6. The van der Waals surface area contributed by atoms with Crippen LogP contribution in [-0.2, 0) is 17.8 Å². The molecule has 1 fully saturated rings. The second-order valence-electron chi connectivity index (χ2n) is 10.6. The molecule has 1 aliphatic rings. The Balaban J connectivity index is 1.36. The lowest BCUT2D eigenvalue weighted by atomic mass is 9.95. The molecule has 41 heavy (non-hydrogen) atoms. The van der Waals surface area contributed by atoms with Crippen LogP contribution in [0.15, 0.2) is 60.7 Å². The summed E-state index contributed by atoms with van der Waals surface area (Å²) < 4.78 is 91.6. The number of ether oxygens (including phenoxy) is 2. The van der Waals surface area contributed by atoms with Gasteiger partial charge in [0, 0.05) is 23.5 Å². The maximum atomic E-state index is 13.4. The Hall–Kier alpha value is -4.22. The molecule has 5 rings (SSSR count). The fourth-order valence-electron chi connectivity index (χ4n) is 3.82. The van der Waals surface area contributed by atoms with Crippen LogP contribution in [0.5, 0.6) is 23.3 Å². The minimum atomic E-state index is -4.67. The smallest absolute Gasteiger partial charge is 0.433 e.